The molecule has 19 heavy (non-hydrogen) atoms. The topological polar surface area (TPSA) is 57.6 Å². The first kappa shape index (κ1) is 14.5. The summed E-state index contributed by atoms with van der Waals surface area (Å²) in [5.74, 6) is -4.45. The molecule has 104 valence electrons. The minimum Gasteiger partial charge on any atom is -0.278 e. The zero-order chi connectivity index (χ0) is 14.5. The lowest BCUT2D eigenvalue weighted by atomic mass is 9.84. The fourth-order valence-corrected chi connectivity index (χ4v) is 5.91. The molecule has 2 fully saturated rings. The van der Waals surface area contributed by atoms with E-state index < -0.39 is 37.7 Å². The SMILES string of the molecule is O=C1[C@H]2[C@H](C(=O)N1O)[C@@]1(Cl)C(Cl)=C(Cl)[C@@]2(Cl)C1(Cl)Cl. The van der Waals surface area contributed by atoms with Crippen LogP contribution in [0.2, 0.25) is 0 Å². The van der Waals surface area contributed by atoms with Crippen LogP contribution in [-0.2, 0) is 9.59 Å². The average molecular weight is 386 g/mol. The first-order chi connectivity index (χ1) is 8.54. The van der Waals surface area contributed by atoms with Crippen LogP contribution in [0.15, 0.2) is 10.1 Å². The molecule has 4 nitrogen and oxygen atoms in total. The lowest BCUT2D eigenvalue weighted by molar-refractivity contribution is -0.173. The van der Waals surface area contributed by atoms with E-state index in [4.69, 9.17) is 69.6 Å². The van der Waals surface area contributed by atoms with Gasteiger partial charge < -0.3 is 0 Å². The molecule has 0 aromatic carbocycles. The van der Waals surface area contributed by atoms with Crippen LogP contribution in [-0.4, -0.2) is 36.2 Å². The van der Waals surface area contributed by atoms with Gasteiger partial charge in [0, 0.05) is 0 Å². The first-order valence-electron chi connectivity index (χ1n) is 4.93. The van der Waals surface area contributed by atoms with Crippen molar-refractivity contribution in [1.29, 1.82) is 0 Å². The fourth-order valence-electron chi connectivity index (χ4n) is 2.98. The molecule has 1 saturated heterocycles. The van der Waals surface area contributed by atoms with E-state index in [0.717, 1.165) is 0 Å². The number of nitrogens with zero attached hydrogens (tertiary/aromatic N) is 1. The van der Waals surface area contributed by atoms with Crippen LogP contribution in [0.3, 0.4) is 0 Å². The van der Waals surface area contributed by atoms with Gasteiger partial charge in [-0.1, -0.05) is 46.4 Å². The third kappa shape index (κ3) is 1.15. The standard InChI is InChI=1S/C9H3Cl6NO3/c10-3-4(11)8(13)2-1(5(17)16(19)6(2)18)7(3,12)9(8,14)15/h1-2,19H/t1-,2-,7-,8-/m1/s1. The molecule has 2 amide bonds. The second-order valence-corrected chi connectivity index (χ2v) is 7.85. The van der Waals surface area contributed by atoms with E-state index in [1.165, 1.54) is 0 Å². The molecule has 1 aliphatic heterocycles. The average Bonchev–Trinajstić information content (AvgIpc) is 2.69. The second-order valence-electron chi connectivity index (χ2n) is 4.57. The highest BCUT2D eigenvalue weighted by Crippen LogP contribution is 2.77. The lowest BCUT2D eigenvalue weighted by Crippen LogP contribution is -2.49. The minimum atomic E-state index is -1.96. The van der Waals surface area contributed by atoms with Crippen molar-refractivity contribution < 1.29 is 14.8 Å². The van der Waals surface area contributed by atoms with Crippen LogP contribution in [0.4, 0.5) is 0 Å². The van der Waals surface area contributed by atoms with Crippen molar-refractivity contribution in [2.45, 2.75) is 14.1 Å². The number of carbonyl (C=O) groups excluding carboxylic acids is 2. The fraction of sp³-hybridized carbons (Fsp3) is 0.556. The van der Waals surface area contributed by atoms with E-state index in [2.05, 4.69) is 0 Å². The van der Waals surface area contributed by atoms with E-state index >= 15 is 0 Å². The monoisotopic (exact) mass is 383 g/mol. The number of rotatable bonds is 0. The van der Waals surface area contributed by atoms with E-state index in [9.17, 15) is 14.8 Å². The summed E-state index contributed by atoms with van der Waals surface area (Å²) in [6.45, 7) is 0. The number of hydrogen-bond acceptors (Lipinski definition) is 3. The highest BCUT2D eigenvalue weighted by atomic mass is 35.5. The summed E-state index contributed by atoms with van der Waals surface area (Å²) in [5.41, 5.74) is 0. The largest absolute Gasteiger partial charge is 0.278 e. The third-order valence-electron chi connectivity index (χ3n) is 3.89. The molecule has 3 rings (SSSR count). The number of amides is 2. The number of halogens is 6. The molecule has 0 unspecified atom stereocenters. The zero-order valence-corrected chi connectivity index (χ0v) is 13.2. The Hall–Kier alpha value is 0.580. The maximum atomic E-state index is 11.9. The summed E-state index contributed by atoms with van der Waals surface area (Å²) in [4.78, 5) is 20.2. The molecular formula is C9H3Cl6NO3. The van der Waals surface area contributed by atoms with E-state index in [-0.39, 0.29) is 15.1 Å². The Morgan fingerprint density at radius 3 is 1.53 bits per heavy atom. The van der Waals surface area contributed by atoms with Crippen LogP contribution in [0.1, 0.15) is 0 Å². The van der Waals surface area contributed by atoms with Gasteiger partial charge in [-0.2, -0.15) is 5.06 Å². The normalized spacial score (nSPS) is 47.4. The predicted octanol–water partition coefficient (Wildman–Crippen LogP) is 2.82. The Morgan fingerprint density at radius 1 is 0.895 bits per heavy atom. The molecule has 0 aromatic heterocycles. The minimum absolute atomic E-state index is 0.0493. The number of hydrogen-bond donors (Lipinski definition) is 1. The maximum absolute atomic E-state index is 11.9. The van der Waals surface area contributed by atoms with Gasteiger partial charge >= 0.3 is 0 Å². The molecule has 3 aliphatic rings. The van der Waals surface area contributed by atoms with Gasteiger partial charge in [-0.25, -0.2) is 0 Å². The van der Waals surface area contributed by atoms with E-state index in [1.54, 1.807) is 0 Å². The Morgan fingerprint density at radius 2 is 1.21 bits per heavy atom. The molecule has 1 heterocycles. The van der Waals surface area contributed by atoms with Gasteiger partial charge in [0.25, 0.3) is 11.8 Å². The van der Waals surface area contributed by atoms with Crippen LogP contribution in [0, 0.1) is 11.8 Å². The zero-order valence-electron chi connectivity index (χ0n) is 8.63. The molecule has 0 aromatic rings. The Kier molecular flexibility index (Phi) is 2.80. The third-order valence-corrected chi connectivity index (χ3v) is 8.14. The second kappa shape index (κ2) is 3.67. The molecule has 0 radical (unpaired) electrons. The van der Waals surface area contributed by atoms with Gasteiger partial charge in [-0.3, -0.25) is 14.8 Å². The molecule has 2 aliphatic carbocycles. The summed E-state index contributed by atoms with van der Waals surface area (Å²) < 4.78 is -1.96. The summed E-state index contributed by atoms with van der Waals surface area (Å²) in [6.07, 6.45) is 0. The van der Waals surface area contributed by atoms with Crippen molar-refractivity contribution in [2.75, 3.05) is 0 Å². The number of imide groups is 1. The van der Waals surface area contributed by atoms with Crippen LogP contribution in [0.5, 0.6) is 0 Å². The van der Waals surface area contributed by atoms with E-state index in [0.29, 0.717) is 0 Å². The van der Waals surface area contributed by atoms with Crippen molar-refractivity contribution in [3.63, 3.8) is 0 Å². The van der Waals surface area contributed by atoms with Crippen molar-refractivity contribution in [3.05, 3.63) is 10.1 Å². The Labute approximate surface area is 137 Å². The van der Waals surface area contributed by atoms with Crippen molar-refractivity contribution in [1.82, 2.24) is 5.06 Å². The van der Waals surface area contributed by atoms with E-state index in [1.807, 2.05) is 0 Å². The van der Waals surface area contributed by atoms with Gasteiger partial charge in [0.2, 0.25) is 0 Å². The van der Waals surface area contributed by atoms with Crippen molar-refractivity contribution in [3.8, 4) is 0 Å². The smallest absolute Gasteiger partial charge is 0.259 e. The summed E-state index contributed by atoms with van der Waals surface area (Å²) >= 11 is 37.0. The highest BCUT2D eigenvalue weighted by molar-refractivity contribution is 6.66. The summed E-state index contributed by atoms with van der Waals surface area (Å²) in [5, 5.41) is 9.01. The first-order valence-corrected chi connectivity index (χ1v) is 7.20. The number of fused-ring (bicyclic) bond motifs is 5. The van der Waals surface area contributed by atoms with Gasteiger partial charge in [0.05, 0.1) is 21.9 Å². The highest BCUT2D eigenvalue weighted by Gasteiger charge is 2.87. The van der Waals surface area contributed by atoms with Crippen molar-refractivity contribution in [2.24, 2.45) is 11.8 Å². The molecule has 0 spiro atoms. The summed E-state index contributed by atoms with van der Waals surface area (Å²) in [6, 6.07) is 0. The van der Waals surface area contributed by atoms with Gasteiger partial charge in [-0.05, 0) is 0 Å². The predicted molar refractivity (Wildman–Crippen MR) is 71.0 cm³/mol. The lowest BCUT2D eigenvalue weighted by Gasteiger charge is -2.33. The van der Waals surface area contributed by atoms with Gasteiger partial charge in [-0.15, -0.1) is 23.2 Å². The number of alkyl halides is 4. The number of carbonyl (C=O) groups is 2. The van der Waals surface area contributed by atoms with Gasteiger partial charge in [0.1, 0.15) is 9.75 Å². The van der Waals surface area contributed by atoms with Gasteiger partial charge in [0.15, 0.2) is 4.33 Å². The molecule has 1 N–H and O–H groups in total. The Balaban J connectivity index is 2.36. The maximum Gasteiger partial charge on any atom is 0.259 e. The number of hydroxylamine groups is 2. The quantitative estimate of drug-likeness (QED) is 0.396. The molecular weight excluding hydrogens is 383 g/mol. The molecule has 2 bridgehead atoms. The summed E-state index contributed by atoms with van der Waals surface area (Å²) in [7, 11) is 0. The number of allylic oxidation sites excluding steroid dienone is 2. The Bertz CT molecular complexity index is 530. The molecule has 1 saturated carbocycles. The van der Waals surface area contributed by atoms with Crippen LogP contribution >= 0.6 is 69.6 Å². The van der Waals surface area contributed by atoms with Crippen LogP contribution < -0.4 is 0 Å². The molecule has 4 atom stereocenters. The van der Waals surface area contributed by atoms with Crippen LogP contribution in [0.25, 0.3) is 0 Å². The molecule has 10 heteroatoms. The van der Waals surface area contributed by atoms with Crippen molar-refractivity contribution >= 4 is 81.4 Å².